The summed E-state index contributed by atoms with van der Waals surface area (Å²) in [4.78, 5) is 38.4. The fraction of sp³-hybridized carbons (Fsp3) is 0.761. The zero-order valence-electron chi connectivity index (χ0n) is 51.0. The van der Waals surface area contributed by atoms with Crippen molar-refractivity contribution in [3.8, 4) is 0 Å². The van der Waals surface area contributed by atoms with Crippen LogP contribution < -0.4 is 0 Å². The van der Waals surface area contributed by atoms with Gasteiger partial charge < -0.3 is 14.2 Å². The summed E-state index contributed by atoms with van der Waals surface area (Å²) in [6.45, 7) is 6.45. The monoisotopic (exact) mass is 1070 g/mol. The lowest BCUT2D eigenvalue weighted by atomic mass is 10.0. The van der Waals surface area contributed by atoms with Gasteiger partial charge in [-0.05, 0) is 89.9 Å². The lowest BCUT2D eigenvalue weighted by molar-refractivity contribution is -0.167. The molecule has 0 spiro atoms. The smallest absolute Gasteiger partial charge is 0.306 e. The standard InChI is InChI=1S/C71H124O6/c1-4-7-10-13-16-19-22-25-28-30-32-34-35-37-38-40-43-46-49-52-55-58-61-64-70(73)76-67-68(66-75-69(72)63-60-57-54-51-48-45-42-27-24-21-18-15-12-9-6-3)77-71(74)65-62-59-56-53-50-47-44-41-39-36-33-31-29-26-23-20-17-14-11-8-5-2/h7,9-10,12,16,18-19,21,25,27-28,32,34,42,68H,4-6,8,11,13-15,17,20,22-24,26,29-31,33,35-41,43-67H2,1-3H3/b10-7-,12-9-,19-16-,21-18-,28-25-,34-32-,42-27-. The van der Waals surface area contributed by atoms with E-state index in [0.717, 1.165) is 122 Å². The molecule has 444 valence electrons. The Balaban J connectivity index is 4.34. The van der Waals surface area contributed by atoms with Crippen LogP contribution in [-0.4, -0.2) is 37.2 Å². The van der Waals surface area contributed by atoms with Crippen molar-refractivity contribution in [1.29, 1.82) is 0 Å². The van der Waals surface area contributed by atoms with Gasteiger partial charge in [0.2, 0.25) is 0 Å². The first-order chi connectivity index (χ1) is 38.0. The Labute approximate surface area is 477 Å². The van der Waals surface area contributed by atoms with Crippen molar-refractivity contribution in [2.75, 3.05) is 13.2 Å². The number of esters is 3. The first-order valence-electron chi connectivity index (χ1n) is 33.1. The molecule has 0 fully saturated rings. The minimum absolute atomic E-state index is 0.0817. The quantitative estimate of drug-likeness (QED) is 0.0261. The number of carbonyl (C=O) groups excluding carboxylic acids is 3. The van der Waals surface area contributed by atoms with Crippen molar-refractivity contribution < 1.29 is 28.6 Å². The fourth-order valence-corrected chi connectivity index (χ4v) is 9.51. The number of hydrogen-bond donors (Lipinski definition) is 0. The predicted molar refractivity (Wildman–Crippen MR) is 334 cm³/mol. The molecule has 1 atom stereocenters. The van der Waals surface area contributed by atoms with Crippen LogP contribution in [0.1, 0.15) is 329 Å². The molecule has 0 saturated carbocycles. The van der Waals surface area contributed by atoms with Crippen LogP contribution in [0.25, 0.3) is 0 Å². The fourth-order valence-electron chi connectivity index (χ4n) is 9.51. The molecule has 1 unspecified atom stereocenters. The normalized spacial score (nSPS) is 12.6. The number of ether oxygens (including phenoxy) is 3. The molecular weight excluding hydrogens is 949 g/mol. The Kier molecular flexibility index (Phi) is 62.2. The van der Waals surface area contributed by atoms with Crippen molar-refractivity contribution in [1.82, 2.24) is 0 Å². The first kappa shape index (κ1) is 73.6. The lowest BCUT2D eigenvalue weighted by Crippen LogP contribution is -2.30. The third-order valence-corrected chi connectivity index (χ3v) is 14.4. The molecule has 0 bridgehead atoms. The van der Waals surface area contributed by atoms with E-state index >= 15 is 0 Å². The molecule has 0 aromatic heterocycles. The highest BCUT2D eigenvalue weighted by Gasteiger charge is 2.19. The van der Waals surface area contributed by atoms with Gasteiger partial charge in [0, 0.05) is 19.3 Å². The van der Waals surface area contributed by atoms with E-state index in [2.05, 4.69) is 106 Å². The Morgan fingerprint density at radius 2 is 0.506 bits per heavy atom. The van der Waals surface area contributed by atoms with Crippen LogP contribution in [0.4, 0.5) is 0 Å². The van der Waals surface area contributed by atoms with E-state index in [4.69, 9.17) is 14.2 Å². The van der Waals surface area contributed by atoms with Gasteiger partial charge in [0.05, 0.1) is 0 Å². The van der Waals surface area contributed by atoms with Crippen molar-refractivity contribution in [3.05, 3.63) is 85.1 Å². The summed E-state index contributed by atoms with van der Waals surface area (Å²) < 4.78 is 17.0. The topological polar surface area (TPSA) is 78.9 Å². The average molecular weight is 1070 g/mol. The molecule has 0 aliphatic carbocycles. The molecule has 0 saturated heterocycles. The van der Waals surface area contributed by atoms with Crippen LogP contribution >= 0.6 is 0 Å². The van der Waals surface area contributed by atoms with E-state index in [9.17, 15) is 14.4 Å². The highest BCUT2D eigenvalue weighted by atomic mass is 16.6. The molecule has 0 aromatic rings. The Morgan fingerprint density at radius 3 is 0.792 bits per heavy atom. The van der Waals surface area contributed by atoms with Gasteiger partial charge in [0.1, 0.15) is 13.2 Å². The highest BCUT2D eigenvalue weighted by Crippen LogP contribution is 2.17. The second-order valence-electron chi connectivity index (χ2n) is 22.0. The largest absolute Gasteiger partial charge is 0.462 e. The molecule has 0 radical (unpaired) electrons. The molecule has 0 aromatic carbocycles. The van der Waals surface area contributed by atoms with Crippen LogP contribution in [0.2, 0.25) is 0 Å². The maximum Gasteiger partial charge on any atom is 0.306 e. The molecule has 0 amide bonds. The average Bonchev–Trinajstić information content (AvgIpc) is 3.43. The van der Waals surface area contributed by atoms with Gasteiger partial charge in [-0.1, -0.05) is 305 Å². The maximum atomic E-state index is 12.9. The van der Waals surface area contributed by atoms with Crippen molar-refractivity contribution in [2.45, 2.75) is 335 Å². The second-order valence-corrected chi connectivity index (χ2v) is 22.0. The third-order valence-electron chi connectivity index (χ3n) is 14.4. The summed E-state index contributed by atoms with van der Waals surface area (Å²) in [7, 11) is 0. The minimum atomic E-state index is -0.786. The third kappa shape index (κ3) is 63.3. The van der Waals surface area contributed by atoms with Crippen molar-refractivity contribution in [3.63, 3.8) is 0 Å². The minimum Gasteiger partial charge on any atom is -0.462 e. The molecule has 0 rings (SSSR count). The van der Waals surface area contributed by atoms with Crippen molar-refractivity contribution >= 4 is 17.9 Å². The van der Waals surface area contributed by atoms with Gasteiger partial charge in [-0.15, -0.1) is 0 Å². The maximum absolute atomic E-state index is 12.9. The molecule has 0 aliphatic rings. The van der Waals surface area contributed by atoms with E-state index in [0.29, 0.717) is 19.3 Å². The predicted octanol–water partition coefficient (Wildman–Crippen LogP) is 22.7. The molecule has 77 heavy (non-hydrogen) atoms. The van der Waals surface area contributed by atoms with Crippen LogP contribution in [-0.2, 0) is 28.6 Å². The van der Waals surface area contributed by atoms with Gasteiger partial charge in [-0.25, -0.2) is 0 Å². The van der Waals surface area contributed by atoms with Gasteiger partial charge in [0.15, 0.2) is 6.10 Å². The summed E-state index contributed by atoms with van der Waals surface area (Å²) in [5.74, 6) is -0.886. The lowest BCUT2D eigenvalue weighted by Gasteiger charge is -2.18. The number of rotatable bonds is 60. The first-order valence-corrected chi connectivity index (χ1v) is 33.1. The molecule has 6 heteroatoms. The number of hydrogen-bond acceptors (Lipinski definition) is 6. The van der Waals surface area contributed by atoms with Crippen LogP contribution in [0.3, 0.4) is 0 Å². The number of carbonyl (C=O) groups is 3. The molecule has 0 N–H and O–H groups in total. The molecular formula is C71H124O6. The van der Waals surface area contributed by atoms with Gasteiger partial charge >= 0.3 is 17.9 Å². The number of allylic oxidation sites excluding steroid dienone is 14. The molecule has 6 nitrogen and oxygen atoms in total. The van der Waals surface area contributed by atoms with Gasteiger partial charge in [0.25, 0.3) is 0 Å². The summed E-state index contributed by atoms with van der Waals surface area (Å²) in [5.41, 5.74) is 0. The summed E-state index contributed by atoms with van der Waals surface area (Å²) in [6.07, 6.45) is 85.9. The van der Waals surface area contributed by atoms with Crippen LogP contribution in [0, 0.1) is 0 Å². The zero-order valence-corrected chi connectivity index (χ0v) is 51.0. The van der Waals surface area contributed by atoms with Gasteiger partial charge in [-0.3, -0.25) is 14.4 Å². The van der Waals surface area contributed by atoms with E-state index in [1.54, 1.807) is 0 Å². The Bertz CT molecular complexity index is 1470. The van der Waals surface area contributed by atoms with E-state index in [1.807, 2.05) is 0 Å². The molecule has 0 heterocycles. The van der Waals surface area contributed by atoms with E-state index < -0.39 is 6.10 Å². The summed E-state index contributed by atoms with van der Waals surface area (Å²) in [6, 6.07) is 0. The zero-order chi connectivity index (χ0) is 55.7. The summed E-state index contributed by atoms with van der Waals surface area (Å²) >= 11 is 0. The highest BCUT2D eigenvalue weighted by molar-refractivity contribution is 5.71. The van der Waals surface area contributed by atoms with E-state index in [-0.39, 0.29) is 31.1 Å². The van der Waals surface area contributed by atoms with Crippen molar-refractivity contribution in [2.24, 2.45) is 0 Å². The summed E-state index contributed by atoms with van der Waals surface area (Å²) in [5, 5.41) is 0. The molecule has 0 aliphatic heterocycles. The SMILES string of the molecule is CC/C=C\C/C=C\C/C=C\C/C=C\CCCCCCCCCCCCC(=O)OCC(COC(=O)CCCCCCC/C=C\C/C=C\C/C=C\CC)OC(=O)CCCCCCCCCCCCCCCCCCCCCCC. The van der Waals surface area contributed by atoms with E-state index in [1.165, 1.54) is 167 Å². The Morgan fingerprint density at radius 1 is 0.273 bits per heavy atom. The second kappa shape index (κ2) is 65.1. The van der Waals surface area contributed by atoms with Crippen LogP contribution in [0.15, 0.2) is 85.1 Å². The number of unbranched alkanes of at least 4 members (excludes halogenated alkanes) is 35. The van der Waals surface area contributed by atoms with Crippen LogP contribution in [0.5, 0.6) is 0 Å². The van der Waals surface area contributed by atoms with Gasteiger partial charge in [-0.2, -0.15) is 0 Å². The Hall–Kier alpha value is -3.41.